The summed E-state index contributed by atoms with van der Waals surface area (Å²) in [7, 11) is 0. The molecule has 0 aliphatic carbocycles. The normalized spacial score (nSPS) is 15.0. The highest BCUT2D eigenvalue weighted by Crippen LogP contribution is 2.34. The number of carbonyl (C=O) groups is 2. The maximum Gasteiger partial charge on any atom is 0.343 e. The molecule has 1 unspecified atom stereocenters. The zero-order valence-electron chi connectivity index (χ0n) is 18.4. The van der Waals surface area contributed by atoms with Crippen LogP contribution in [0.5, 0.6) is 5.75 Å². The van der Waals surface area contributed by atoms with E-state index in [1.54, 1.807) is 53.5 Å². The van der Waals surface area contributed by atoms with Crippen molar-refractivity contribution in [1.29, 1.82) is 0 Å². The van der Waals surface area contributed by atoms with Crippen molar-refractivity contribution >= 4 is 17.6 Å². The molecule has 0 aromatic heterocycles. The molecule has 4 aromatic rings. The van der Waals surface area contributed by atoms with Crippen molar-refractivity contribution in [1.82, 2.24) is 5.01 Å². The topological polar surface area (TPSA) is 59.0 Å². The van der Waals surface area contributed by atoms with Crippen LogP contribution in [-0.2, 0) is 0 Å². The van der Waals surface area contributed by atoms with Crippen LogP contribution < -0.4 is 4.74 Å². The number of nitrogens with zero attached hydrogens (tertiary/aromatic N) is 2. The highest BCUT2D eigenvalue weighted by molar-refractivity contribution is 6.05. The number of ether oxygens (including phenoxy) is 1. The summed E-state index contributed by atoms with van der Waals surface area (Å²) >= 11 is 0. The fraction of sp³-hybridized carbons (Fsp3) is 0.0690. The van der Waals surface area contributed by atoms with E-state index in [1.807, 2.05) is 66.7 Å². The molecule has 4 aromatic carbocycles. The molecule has 1 atom stereocenters. The van der Waals surface area contributed by atoms with E-state index in [1.165, 1.54) is 0 Å². The summed E-state index contributed by atoms with van der Waals surface area (Å²) in [6.45, 7) is 0. The number of carbonyl (C=O) groups excluding carboxylic acids is 2. The third kappa shape index (κ3) is 4.50. The molecule has 0 fully saturated rings. The van der Waals surface area contributed by atoms with Gasteiger partial charge in [-0.1, -0.05) is 66.7 Å². The van der Waals surface area contributed by atoms with E-state index >= 15 is 0 Å². The minimum atomic E-state index is -0.407. The molecule has 0 N–H and O–H groups in total. The molecule has 1 heterocycles. The number of hydrazone groups is 1. The predicted molar refractivity (Wildman–Crippen MR) is 131 cm³/mol. The van der Waals surface area contributed by atoms with Gasteiger partial charge in [-0.3, -0.25) is 4.79 Å². The summed E-state index contributed by atoms with van der Waals surface area (Å²) in [5, 5.41) is 6.30. The maximum absolute atomic E-state index is 13.3. The van der Waals surface area contributed by atoms with Crippen LogP contribution in [0.15, 0.2) is 120 Å². The van der Waals surface area contributed by atoms with Crippen LogP contribution in [0.3, 0.4) is 0 Å². The van der Waals surface area contributed by atoms with Gasteiger partial charge < -0.3 is 4.74 Å². The van der Waals surface area contributed by atoms with Gasteiger partial charge in [-0.2, -0.15) is 5.10 Å². The maximum atomic E-state index is 13.3. The second kappa shape index (κ2) is 9.55. The molecule has 166 valence electrons. The van der Waals surface area contributed by atoms with Gasteiger partial charge in [0.25, 0.3) is 5.91 Å². The summed E-state index contributed by atoms with van der Waals surface area (Å²) < 4.78 is 5.48. The van der Waals surface area contributed by atoms with E-state index < -0.39 is 5.97 Å². The quantitative estimate of drug-likeness (QED) is 0.283. The van der Waals surface area contributed by atoms with Gasteiger partial charge in [0.1, 0.15) is 5.75 Å². The molecular weight excluding hydrogens is 424 g/mol. The van der Waals surface area contributed by atoms with Crippen LogP contribution in [-0.4, -0.2) is 22.6 Å². The summed E-state index contributed by atoms with van der Waals surface area (Å²) in [6, 6.07) is 35.0. The minimum Gasteiger partial charge on any atom is -0.423 e. The summed E-state index contributed by atoms with van der Waals surface area (Å²) in [5.41, 5.74) is 3.80. The van der Waals surface area contributed by atoms with Gasteiger partial charge in [-0.05, 0) is 59.7 Å². The van der Waals surface area contributed by atoms with Crippen LogP contribution in [0.4, 0.5) is 0 Å². The van der Waals surface area contributed by atoms with Gasteiger partial charge in [0.05, 0.1) is 17.3 Å². The van der Waals surface area contributed by atoms with E-state index in [9.17, 15) is 9.59 Å². The monoisotopic (exact) mass is 446 g/mol. The largest absolute Gasteiger partial charge is 0.423 e. The van der Waals surface area contributed by atoms with Crippen LogP contribution in [0, 0.1) is 0 Å². The molecule has 0 bridgehead atoms. The van der Waals surface area contributed by atoms with Gasteiger partial charge >= 0.3 is 5.97 Å². The summed E-state index contributed by atoms with van der Waals surface area (Å²) in [6.07, 6.45) is 0.589. The molecule has 5 heteroatoms. The van der Waals surface area contributed by atoms with Crippen LogP contribution in [0.2, 0.25) is 0 Å². The van der Waals surface area contributed by atoms with Crippen molar-refractivity contribution in [2.75, 3.05) is 0 Å². The number of rotatable bonds is 5. The highest BCUT2D eigenvalue weighted by atomic mass is 16.5. The molecule has 1 aliphatic heterocycles. The standard InChI is InChI=1S/C29H22N2O3/c32-28(23-12-6-2-7-13-23)31-27(22-10-4-1-5-11-22)20-26(30-31)21-16-18-25(19-17-21)34-29(33)24-14-8-3-9-15-24/h1-19,27H,20H2. The van der Waals surface area contributed by atoms with Crippen molar-refractivity contribution < 1.29 is 14.3 Å². The van der Waals surface area contributed by atoms with Crippen molar-refractivity contribution in [3.63, 3.8) is 0 Å². The number of amides is 1. The SMILES string of the molecule is O=C(Oc1ccc(C2=NN(C(=O)c3ccccc3)C(c3ccccc3)C2)cc1)c1ccccc1. The highest BCUT2D eigenvalue weighted by Gasteiger charge is 2.33. The van der Waals surface area contributed by atoms with Crippen LogP contribution in [0.1, 0.15) is 44.3 Å². The number of benzene rings is 4. The van der Waals surface area contributed by atoms with Crippen molar-refractivity contribution in [2.45, 2.75) is 12.5 Å². The lowest BCUT2D eigenvalue weighted by atomic mass is 9.98. The molecule has 34 heavy (non-hydrogen) atoms. The molecule has 0 saturated carbocycles. The van der Waals surface area contributed by atoms with E-state index in [0.717, 1.165) is 16.8 Å². The average Bonchev–Trinajstić information content (AvgIpc) is 3.36. The van der Waals surface area contributed by atoms with Gasteiger partial charge in [0.15, 0.2) is 0 Å². The molecule has 1 aliphatic rings. The Balaban J connectivity index is 1.39. The summed E-state index contributed by atoms with van der Waals surface area (Å²) in [4.78, 5) is 25.6. The third-order valence-corrected chi connectivity index (χ3v) is 5.73. The fourth-order valence-corrected chi connectivity index (χ4v) is 3.98. The zero-order valence-corrected chi connectivity index (χ0v) is 18.4. The fourth-order valence-electron chi connectivity index (χ4n) is 3.98. The van der Waals surface area contributed by atoms with E-state index in [0.29, 0.717) is 23.3 Å². The van der Waals surface area contributed by atoms with E-state index in [2.05, 4.69) is 0 Å². The van der Waals surface area contributed by atoms with Crippen LogP contribution in [0.25, 0.3) is 0 Å². The first-order chi connectivity index (χ1) is 16.7. The second-order valence-corrected chi connectivity index (χ2v) is 7.97. The Morgan fingerprint density at radius 3 is 1.88 bits per heavy atom. The molecule has 0 spiro atoms. The zero-order chi connectivity index (χ0) is 23.3. The molecule has 1 amide bonds. The number of esters is 1. The van der Waals surface area contributed by atoms with Crippen molar-refractivity contribution in [2.24, 2.45) is 5.10 Å². The predicted octanol–water partition coefficient (Wildman–Crippen LogP) is 5.90. The number of hydrogen-bond donors (Lipinski definition) is 0. The van der Waals surface area contributed by atoms with Gasteiger partial charge in [-0.15, -0.1) is 0 Å². The molecule has 0 radical (unpaired) electrons. The molecule has 5 rings (SSSR count). The first-order valence-corrected chi connectivity index (χ1v) is 11.1. The molecular formula is C29H22N2O3. The first-order valence-electron chi connectivity index (χ1n) is 11.1. The second-order valence-electron chi connectivity index (χ2n) is 7.97. The summed E-state index contributed by atoms with van der Waals surface area (Å²) in [5.74, 6) is -0.0961. The van der Waals surface area contributed by atoms with Crippen LogP contribution >= 0.6 is 0 Å². The van der Waals surface area contributed by atoms with E-state index in [-0.39, 0.29) is 11.9 Å². The smallest absolute Gasteiger partial charge is 0.343 e. The van der Waals surface area contributed by atoms with Gasteiger partial charge in [0.2, 0.25) is 0 Å². The Labute approximate surface area is 197 Å². The molecule has 0 saturated heterocycles. The Morgan fingerprint density at radius 1 is 0.706 bits per heavy atom. The van der Waals surface area contributed by atoms with Crippen molar-refractivity contribution in [3.8, 4) is 5.75 Å². The lowest BCUT2D eigenvalue weighted by Gasteiger charge is -2.22. The Hall–Kier alpha value is -4.51. The Bertz CT molecular complexity index is 1320. The first kappa shape index (κ1) is 21.3. The molecule has 5 nitrogen and oxygen atoms in total. The lowest BCUT2D eigenvalue weighted by molar-refractivity contribution is 0.0708. The van der Waals surface area contributed by atoms with E-state index in [4.69, 9.17) is 9.84 Å². The minimum absolute atomic E-state index is 0.141. The van der Waals surface area contributed by atoms with Gasteiger partial charge in [0, 0.05) is 12.0 Å². The third-order valence-electron chi connectivity index (χ3n) is 5.73. The average molecular weight is 447 g/mol. The Morgan fingerprint density at radius 2 is 1.26 bits per heavy atom. The van der Waals surface area contributed by atoms with Gasteiger partial charge in [-0.25, -0.2) is 9.80 Å². The van der Waals surface area contributed by atoms with Crippen molar-refractivity contribution in [3.05, 3.63) is 138 Å². The Kier molecular flexibility index (Phi) is 5.99. The lowest BCUT2D eigenvalue weighted by Crippen LogP contribution is -2.27. The number of hydrogen-bond acceptors (Lipinski definition) is 4.